The predicted molar refractivity (Wildman–Crippen MR) is 73.0 cm³/mol. The maximum atomic E-state index is 12.7. The summed E-state index contributed by atoms with van der Waals surface area (Å²) in [5, 5.41) is 7.80. The van der Waals surface area contributed by atoms with Gasteiger partial charge in [0, 0.05) is 32.2 Å². The summed E-state index contributed by atoms with van der Waals surface area (Å²) in [7, 11) is 0. The molecule has 2 fully saturated rings. The Bertz CT molecular complexity index is 496. The van der Waals surface area contributed by atoms with E-state index >= 15 is 0 Å². The smallest absolute Gasteiger partial charge is 0.272 e. The molecule has 5 nitrogen and oxygen atoms in total. The molecule has 0 bridgehead atoms. The van der Waals surface area contributed by atoms with E-state index < -0.39 is 0 Å². The van der Waals surface area contributed by atoms with Crippen LogP contribution in [0.25, 0.3) is 0 Å². The van der Waals surface area contributed by atoms with Gasteiger partial charge in [0.1, 0.15) is 5.69 Å². The van der Waals surface area contributed by atoms with E-state index in [0.717, 1.165) is 37.6 Å². The van der Waals surface area contributed by atoms with Crippen LogP contribution in [-0.4, -0.2) is 46.3 Å². The first-order chi connectivity index (χ1) is 9.11. The molecular weight excluding hydrogens is 240 g/mol. The largest absolute Gasteiger partial charge is 0.334 e. The zero-order valence-electron chi connectivity index (χ0n) is 11.9. The lowest BCUT2D eigenvalue weighted by Crippen LogP contribution is -2.39. The second kappa shape index (κ2) is 4.63. The number of rotatable bonds is 2. The highest BCUT2D eigenvalue weighted by Crippen LogP contribution is 2.33. The second-order valence-corrected chi connectivity index (χ2v) is 5.77. The SMILES string of the molecule is CCn1nc(C)cc1C(=O)N1CC2CNCC2C1C. The third-order valence-corrected chi connectivity index (χ3v) is 4.62. The number of nitrogens with zero attached hydrogens (tertiary/aromatic N) is 3. The van der Waals surface area contributed by atoms with Gasteiger partial charge in [-0.25, -0.2) is 0 Å². The summed E-state index contributed by atoms with van der Waals surface area (Å²) in [6.45, 7) is 9.85. The number of hydrogen-bond donors (Lipinski definition) is 1. The van der Waals surface area contributed by atoms with E-state index in [1.54, 1.807) is 0 Å². The molecule has 3 atom stereocenters. The highest BCUT2D eigenvalue weighted by Gasteiger charge is 2.44. The summed E-state index contributed by atoms with van der Waals surface area (Å²) in [4.78, 5) is 14.8. The van der Waals surface area contributed by atoms with Crippen molar-refractivity contribution in [3.05, 3.63) is 17.5 Å². The van der Waals surface area contributed by atoms with E-state index in [4.69, 9.17) is 0 Å². The number of aromatic nitrogens is 2. The van der Waals surface area contributed by atoms with Crippen molar-refractivity contribution in [1.29, 1.82) is 0 Å². The van der Waals surface area contributed by atoms with Crippen LogP contribution in [0, 0.1) is 18.8 Å². The van der Waals surface area contributed by atoms with Crippen LogP contribution in [0.2, 0.25) is 0 Å². The van der Waals surface area contributed by atoms with Crippen LogP contribution in [0.1, 0.15) is 30.0 Å². The van der Waals surface area contributed by atoms with Crippen LogP contribution >= 0.6 is 0 Å². The van der Waals surface area contributed by atoms with Gasteiger partial charge < -0.3 is 10.2 Å². The first-order valence-electron chi connectivity index (χ1n) is 7.18. The predicted octanol–water partition coefficient (Wildman–Crippen LogP) is 0.891. The summed E-state index contributed by atoms with van der Waals surface area (Å²) < 4.78 is 1.82. The number of nitrogens with one attached hydrogen (secondary N) is 1. The first kappa shape index (κ1) is 12.7. The lowest BCUT2D eigenvalue weighted by atomic mass is 9.95. The third kappa shape index (κ3) is 1.96. The molecule has 2 aliphatic heterocycles. The summed E-state index contributed by atoms with van der Waals surface area (Å²) in [6, 6.07) is 2.23. The molecule has 2 saturated heterocycles. The number of fused-ring (bicyclic) bond motifs is 1. The van der Waals surface area contributed by atoms with Crippen molar-refractivity contribution < 1.29 is 4.79 Å². The highest BCUT2D eigenvalue weighted by molar-refractivity contribution is 5.93. The summed E-state index contributed by atoms with van der Waals surface area (Å²) in [5.41, 5.74) is 1.65. The van der Waals surface area contributed by atoms with E-state index in [1.807, 2.05) is 29.5 Å². The molecular formula is C14H22N4O. The Hall–Kier alpha value is -1.36. The van der Waals surface area contributed by atoms with Gasteiger partial charge in [-0.2, -0.15) is 5.10 Å². The Morgan fingerprint density at radius 1 is 1.53 bits per heavy atom. The lowest BCUT2D eigenvalue weighted by Gasteiger charge is -2.24. The van der Waals surface area contributed by atoms with Gasteiger partial charge in [0.2, 0.25) is 0 Å². The second-order valence-electron chi connectivity index (χ2n) is 5.77. The third-order valence-electron chi connectivity index (χ3n) is 4.62. The van der Waals surface area contributed by atoms with Gasteiger partial charge in [-0.05, 0) is 38.7 Å². The van der Waals surface area contributed by atoms with Crippen molar-refractivity contribution in [3.63, 3.8) is 0 Å². The van der Waals surface area contributed by atoms with Crippen LogP contribution < -0.4 is 5.32 Å². The van der Waals surface area contributed by atoms with Crippen molar-refractivity contribution >= 4 is 5.91 Å². The topological polar surface area (TPSA) is 50.2 Å². The van der Waals surface area contributed by atoms with Crippen LogP contribution in [0.4, 0.5) is 0 Å². The van der Waals surface area contributed by atoms with Gasteiger partial charge in [0.15, 0.2) is 0 Å². The molecule has 3 heterocycles. The molecule has 0 aromatic carbocycles. The fourth-order valence-corrected chi connectivity index (χ4v) is 3.54. The number of carbonyl (C=O) groups excluding carboxylic acids is 1. The molecule has 2 aliphatic rings. The lowest BCUT2D eigenvalue weighted by molar-refractivity contribution is 0.0716. The molecule has 1 aromatic heterocycles. The Balaban J connectivity index is 1.84. The number of likely N-dealkylation sites (tertiary alicyclic amines) is 1. The molecule has 0 saturated carbocycles. The summed E-state index contributed by atoms with van der Waals surface area (Å²) >= 11 is 0. The average molecular weight is 262 g/mol. The van der Waals surface area contributed by atoms with Gasteiger partial charge in [0.05, 0.1) is 5.69 Å². The standard InChI is InChI=1S/C14H22N4O/c1-4-18-13(5-9(2)16-18)14(19)17-8-11-6-15-7-12(11)10(17)3/h5,10-12,15H,4,6-8H2,1-3H3. The fraction of sp³-hybridized carbons (Fsp3) is 0.714. The van der Waals surface area contributed by atoms with E-state index in [0.29, 0.717) is 17.9 Å². The van der Waals surface area contributed by atoms with Gasteiger partial charge in [-0.1, -0.05) is 0 Å². The maximum absolute atomic E-state index is 12.7. The Morgan fingerprint density at radius 3 is 3.00 bits per heavy atom. The van der Waals surface area contributed by atoms with E-state index in [1.165, 1.54) is 0 Å². The molecule has 0 radical (unpaired) electrons. The zero-order chi connectivity index (χ0) is 13.6. The molecule has 0 aliphatic carbocycles. The Morgan fingerprint density at radius 2 is 2.32 bits per heavy atom. The highest BCUT2D eigenvalue weighted by atomic mass is 16.2. The molecule has 104 valence electrons. The van der Waals surface area contributed by atoms with Crippen molar-refractivity contribution in [3.8, 4) is 0 Å². The van der Waals surface area contributed by atoms with Gasteiger partial charge in [-0.15, -0.1) is 0 Å². The molecule has 1 amide bonds. The van der Waals surface area contributed by atoms with Gasteiger partial charge in [0.25, 0.3) is 5.91 Å². The minimum absolute atomic E-state index is 0.143. The van der Waals surface area contributed by atoms with Crippen molar-refractivity contribution in [2.75, 3.05) is 19.6 Å². The first-order valence-corrected chi connectivity index (χ1v) is 7.18. The average Bonchev–Trinajstić information content (AvgIpc) is 3.05. The van der Waals surface area contributed by atoms with Gasteiger partial charge >= 0.3 is 0 Å². The Labute approximate surface area is 114 Å². The van der Waals surface area contributed by atoms with E-state index in [9.17, 15) is 4.79 Å². The number of aryl methyl sites for hydroxylation is 2. The van der Waals surface area contributed by atoms with Crippen LogP contribution in [0.5, 0.6) is 0 Å². The quantitative estimate of drug-likeness (QED) is 0.861. The van der Waals surface area contributed by atoms with Crippen molar-refractivity contribution in [2.24, 2.45) is 11.8 Å². The van der Waals surface area contributed by atoms with Gasteiger partial charge in [-0.3, -0.25) is 9.48 Å². The molecule has 1 N–H and O–H groups in total. The normalized spacial score (nSPS) is 29.8. The molecule has 3 rings (SSSR count). The zero-order valence-corrected chi connectivity index (χ0v) is 11.9. The van der Waals surface area contributed by atoms with Crippen molar-refractivity contribution in [2.45, 2.75) is 33.4 Å². The maximum Gasteiger partial charge on any atom is 0.272 e. The molecule has 0 spiro atoms. The van der Waals surface area contributed by atoms with Crippen LogP contribution in [0.3, 0.4) is 0 Å². The molecule has 19 heavy (non-hydrogen) atoms. The van der Waals surface area contributed by atoms with Crippen molar-refractivity contribution in [1.82, 2.24) is 20.0 Å². The minimum Gasteiger partial charge on any atom is -0.334 e. The number of hydrogen-bond acceptors (Lipinski definition) is 3. The summed E-state index contributed by atoms with van der Waals surface area (Å²) in [6.07, 6.45) is 0. The Kier molecular flexibility index (Phi) is 3.09. The number of carbonyl (C=O) groups is 1. The summed E-state index contributed by atoms with van der Waals surface area (Å²) in [5.74, 6) is 1.38. The monoisotopic (exact) mass is 262 g/mol. The minimum atomic E-state index is 0.143. The molecule has 5 heteroatoms. The van der Waals surface area contributed by atoms with Crippen LogP contribution in [0.15, 0.2) is 6.07 Å². The van der Waals surface area contributed by atoms with Crippen LogP contribution in [-0.2, 0) is 6.54 Å². The molecule has 1 aromatic rings. The van der Waals surface area contributed by atoms with E-state index in [-0.39, 0.29) is 5.91 Å². The van der Waals surface area contributed by atoms with E-state index in [2.05, 4.69) is 17.3 Å². The molecule has 3 unspecified atom stereocenters. The fourth-order valence-electron chi connectivity index (χ4n) is 3.54. The number of amides is 1.